The number of methoxy groups -OCH3 is 2. The van der Waals surface area contributed by atoms with E-state index in [1.165, 1.54) is 18.5 Å². The van der Waals surface area contributed by atoms with Crippen LogP contribution < -0.4 is 14.8 Å². The van der Waals surface area contributed by atoms with Crippen molar-refractivity contribution in [3.63, 3.8) is 0 Å². The number of nitrogens with one attached hydrogen (secondary N) is 1. The predicted octanol–water partition coefficient (Wildman–Crippen LogP) is 1.52. The number of carbonyl (C=O) groups is 1. The first-order valence-corrected chi connectivity index (χ1v) is 10.1. The summed E-state index contributed by atoms with van der Waals surface area (Å²) in [6, 6.07) is 5.35. The number of hydrogen-bond donors (Lipinski definition) is 1. The van der Waals surface area contributed by atoms with Crippen molar-refractivity contribution in [3.05, 3.63) is 23.8 Å². The molecule has 1 saturated carbocycles. The molecule has 1 aliphatic rings. The minimum Gasteiger partial charge on any atom is -0.493 e. The van der Waals surface area contributed by atoms with Crippen molar-refractivity contribution in [3.8, 4) is 11.5 Å². The van der Waals surface area contributed by atoms with Crippen LogP contribution in [0.3, 0.4) is 0 Å². The second-order valence-corrected chi connectivity index (χ2v) is 8.25. The molecule has 1 N–H and O–H groups in total. The van der Waals surface area contributed by atoms with Crippen molar-refractivity contribution in [2.45, 2.75) is 38.3 Å². The Hall–Kier alpha value is -1.80. The second-order valence-electron chi connectivity index (χ2n) is 6.27. The zero-order valence-corrected chi connectivity index (χ0v) is 15.8. The second kappa shape index (κ2) is 8.53. The summed E-state index contributed by atoms with van der Waals surface area (Å²) in [6.45, 7) is -0.0963. The summed E-state index contributed by atoms with van der Waals surface area (Å²) in [4.78, 5) is 12.2. The molecule has 0 heterocycles. The molecular formula is C17H26N2O5S. The quantitative estimate of drug-likeness (QED) is 0.750. The lowest BCUT2D eigenvalue weighted by atomic mass is 10.2. The van der Waals surface area contributed by atoms with Crippen LogP contribution in [0.2, 0.25) is 0 Å². The standard InChI is InChI=1S/C17H26N2O5S/c1-23-15-9-8-13(10-16(15)24-2)11-19(25(3,21)22)12-17(20)18-14-6-4-5-7-14/h8-10,14H,4-7,11-12H2,1-3H3,(H,18,20). The fourth-order valence-corrected chi connectivity index (χ4v) is 3.71. The number of sulfonamides is 1. The molecule has 140 valence electrons. The highest BCUT2D eigenvalue weighted by molar-refractivity contribution is 7.88. The van der Waals surface area contributed by atoms with Gasteiger partial charge in [0.15, 0.2) is 11.5 Å². The summed E-state index contributed by atoms with van der Waals surface area (Å²) < 4.78 is 35.7. The van der Waals surface area contributed by atoms with Gasteiger partial charge in [0, 0.05) is 12.6 Å². The Kier molecular flexibility index (Phi) is 6.66. The lowest BCUT2D eigenvalue weighted by Gasteiger charge is -2.21. The van der Waals surface area contributed by atoms with Crippen molar-refractivity contribution in [2.75, 3.05) is 27.0 Å². The molecule has 0 aromatic heterocycles. The van der Waals surface area contributed by atoms with Gasteiger partial charge < -0.3 is 14.8 Å². The van der Waals surface area contributed by atoms with E-state index in [4.69, 9.17) is 9.47 Å². The van der Waals surface area contributed by atoms with Crippen LogP contribution in [-0.4, -0.2) is 51.7 Å². The van der Waals surface area contributed by atoms with E-state index in [2.05, 4.69) is 5.32 Å². The van der Waals surface area contributed by atoms with E-state index in [9.17, 15) is 13.2 Å². The molecule has 0 atom stereocenters. The average Bonchev–Trinajstić information content (AvgIpc) is 3.06. The molecule has 1 aromatic rings. The highest BCUT2D eigenvalue weighted by Crippen LogP contribution is 2.28. The van der Waals surface area contributed by atoms with Gasteiger partial charge >= 0.3 is 0 Å². The van der Waals surface area contributed by atoms with Gasteiger partial charge in [-0.2, -0.15) is 4.31 Å². The molecule has 7 nitrogen and oxygen atoms in total. The maximum Gasteiger partial charge on any atom is 0.235 e. The van der Waals surface area contributed by atoms with Crippen molar-refractivity contribution >= 4 is 15.9 Å². The van der Waals surface area contributed by atoms with Crippen LogP contribution >= 0.6 is 0 Å². The Morgan fingerprint density at radius 3 is 2.40 bits per heavy atom. The van der Waals surface area contributed by atoms with Gasteiger partial charge in [-0.15, -0.1) is 0 Å². The number of carbonyl (C=O) groups excluding carboxylic acids is 1. The molecule has 0 bridgehead atoms. The molecule has 1 fully saturated rings. The fourth-order valence-electron chi connectivity index (χ4n) is 2.98. The normalized spacial score (nSPS) is 15.4. The first-order chi connectivity index (χ1) is 11.8. The molecule has 0 spiro atoms. The van der Waals surface area contributed by atoms with Crippen molar-refractivity contribution in [1.82, 2.24) is 9.62 Å². The summed E-state index contributed by atoms with van der Waals surface area (Å²) in [5.41, 5.74) is 0.719. The van der Waals surface area contributed by atoms with Crippen LogP contribution in [0.4, 0.5) is 0 Å². The molecule has 1 aromatic carbocycles. The molecule has 2 rings (SSSR count). The topological polar surface area (TPSA) is 84.9 Å². The van der Waals surface area contributed by atoms with Crippen LogP contribution in [0.5, 0.6) is 11.5 Å². The van der Waals surface area contributed by atoms with Gasteiger partial charge in [0.2, 0.25) is 15.9 Å². The molecule has 1 amide bonds. The zero-order valence-electron chi connectivity index (χ0n) is 14.9. The van der Waals surface area contributed by atoms with Gasteiger partial charge in [-0.3, -0.25) is 4.79 Å². The molecular weight excluding hydrogens is 344 g/mol. The third-order valence-corrected chi connectivity index (χ3v) is 5.51. The fraction of sp³-hybridized carbons (Fsp3) is 0.588. The number of amides is 1. The van der Waals surface area contributed by atoms with Crippen LogP contribution in [-0.2, 0) is 21.4 Å². The third-order valence-electron chi connectivity index (χ3n) is 4.32. The van der Waals surface area contributed by atoms with Crippen LogP contribution in [0.1, 0.15) is 31.2 Å². The number of nitrogens with zero attached hydrogens (tertiary/aromatic N) is 1. The highest BCUT2D eigenvalue weighted by Gasteiger charge is 2.23. The number of hydrogen-bond acceptors (Lipinski definition) is 5. The van der Waals surface area contributed by atoms with Crippen LogP contribution in [0, 0.1) is 0 Å². The average molecular weight is 370 g/mol. The van der Waals surface area contributed by atoms with Gasteiger partial charge in [-0.25, -0.2) is 8.42 Å². The maximum absolute atomic E-state index is 12.2. The number of rotatable bonds is 8. The monoisotopic (exact) mass is 370 g/mol. The molecule has 25 heavy (non-hydrogen) atoms. The summed E-state index contributed by atoms with van der Waals surface area (Å²) in [6.07, 6.45) is 5.23. The van der Waals surface area contributed by atoms with E-state index in [1.54, 1.807) is 18.2 Å². The van der Waals surface area contributed by atoms with E-state index >= 15 is 0 Å². The molecule has 0 radical (unpaired) electrons. The molecule has 0 unspecified atom stereocenters. The predicted molar refractivity (Wildman–Crippen MR) is 95.2 cm³/mol. The third kappa shape index (κ3) is 5.61. The van der Waals surface area contributed by atoms with E-state index in [1.807, 2.05) is 0 Å². The van der Waals surface area contributed by atoms with Gasteiger partial charge in [0.1, 0.15) is 0 Å². The Balaban J connectivity index is 2.08. The number of ether oxygens (including phenoxy) is 2. The van der Waals surface area contributed by atoms with Gasteiger partial charge in [0.25, 0.3) is 0 Å². The van der Waals surface area contributed by atoms with E-state index in [0.717, 1.165) is 37.5 Å². The summed E-state index contributed by atoms with van der Waals surface area (Å²) >= 11 is 0. The van der Waals surface area contributed by atoms with E-state index < -0.39 is 10.0 Å². The van der Waals surface area contributed by atoms with Gasteiger partial charge in [-0.1, -0.05) is 18.9 Å². The van der Waals surface area contributed by atoms with Gasteiger partial charge in [0.05, 0.1) is 27.0 Å². The Morgan fingerprint density at radius 1 is 1.20 bits per heavy atom. The lowest BCUT2D eigenvalue weighted by molar-refractivity contribution is -0.122. The van der Waals surface area contributed by atoms with E-state index in [-0.39, 0.29) is 25.0 Å². The summed E-state index contributed by atoms with van der Waals surface area (Å²) in [5, 5.41) is 2.92. The maximum atomic E-state index is 12.2. The Labute approximate surface area is 149 Å². The lowest BCUT2D eigenvalue weighted by Crippen LogP contribution is -2.42. The highest BCUT2D eigenvalue weighted by atomic mass is 32.2. The van der Waals surface area contributed by atoms with Crippen molar-refractivity contribution in [2.24, 2.45) is 0 Å². The summed E-state index contributed by atoms with van der Waals surface area (Å²) in [7, 11) is -0.472. The summed E-state index contributed by atoms with van der Waals surface area (Å²) in [5.74, 6) is 0.817. The molecule has 1 aliphatic carbocycles. The smallest absolute Gasteiger partial charge is 0.235 e. The minimum atomic E-state index is -3.53. The van der Waals surface area contributed by atoms with Gasteiger partial charge in [-0.05, 0) is 30.5 Å². The SMILES string of the molecule is COc1ccc(CN(CC(=O)NC2CCCC2)S(C)(=O)=O)cc1OC. The molecule has 0 saturated heterocycles. The molecule has 8 heteroatoms. The first-order valence-electron chi connectivity index (χ1n) is 8.29. The van der Waals surface area contributed by atoms with E-state index in [0.29, 0.717) is 11.5 Å². The van der Waals surface area contributed by atoms with Crippen molar-refractivity contribution < 1.29 is 22.7 Å². The Bertz CT molecular complexity index is 699. The molecule has 0 aliphatic heterocycles. The zero-order chi connectivity index (χ0) is 18.4. The number of benzene rings is 1. The Morgan fingerprint density at radius 2 is 1.84 bits per heavy atom. The minimum absolute atomic E-state index is 0.0945. The largest absolute Gasteiger partial charge is 0.493 e. The van der Waals surface area contributed by atoms with Crippen molar-refractivity contribution in [1.29, 1.82) is 0 Å². The van der Waals surface area contributed by atoms with Crippen LogP contribution in [0.25, 0.3) is 0 Å². The van der Waals surface area contributed by atoms with Crippen LogP contribution in [0.15, 0.2) is 18.2 Å². The first kappa shape index (κ1) is 19.5.